The Bertz CT molecular complexity index is 222. The van der Waals surface area contributed by atoms with E-state index in [1.54, 1.807) is 30.3 Å². The molecule has 1 radical (unpaired) electrons. The molecule has 0 aliphatic heterocycles. The van der Waals surface area contributed by atoms with Crippen LogP contribution < -0.4 is 0 Å². The summed E-state index contributed by atoms with van der Waals surface area (Å²) in [6.07, 6.45) is 0. The van der Waals surface area contributed by atoms with E-state index in [2.05, 4.69) is 6.79 Å². The molecule has 59 valence electrons. The van der Waals surface area contributed by atoms with Gasteiger partial charge in [-0.05, 0) is 12.1 Å². The number of benzene rings is 1. The van der Waals surface area contributed by atoms with Gasteiger partial charge in [0.05, 0.1) is 4.90 Å². The van der Waals surface area contributed by atoms with Crippen molar-refractivity contribution in [3.8, 4) is 0 Å². The van der Waals surface area contributed by atoms with E-state index in [0.29, 0.717) is 4.90 Å². The molecule has 4 heteroatoms. The van der Waals surface area contributed by atoms with Crippen molar-refractivity contribution in [2.24, 2.45) is 0 Å². The lowest BCUT2D eigenvalue weighted by Crippen LogP contribution is -1.84. The van der Waals surface area contributed by atoms with Gasteiger partial charge < -0.3 is 4.55 Å². The van der Waals surface area contributed by atoms with Crippen molar-refractivity contribution in [1.29, 1.82) is 0 Å². The van der Waals surface area contributed by atoms with E-state index < -0.39 is 11.1 Å². The normalized spacial score (nSPS) is 11.0. The summed E-state index contributed by atoms with van der Waals surface area (Å²) in [4.78, 5) is 8.19. The second-order valence-electron chi connectivity index (χ2n) is 1.56. The quantitative estimate of drug-likeness (QED) is 0.506. The minimum atomic E-state index is -1.83. The first-order chi connectivity index (χ1) is 5.30. The fourth-order valence-corrected chi connectivity index (χ4v) is 0.927. The van der Waals surface area contributed by atoms with Crippen LogP contribution in [0.15, 0.2) is 35.2 Å². The summed E-state index contributed by atoms with van der Waals surface area (Å²) in [6.45, 7) is 3.25. The topological polar surface area (TPSA) is 54.4 Å². The van der Waals surface area contributed by atoms with Gasteiger partial charge in [-0.1, -0.05) is 18.2 Å². The molecule has 0 spiro atoms. The lowest BCUT2D eigenvalue weighted by atomic mass is 10.4. The summed E-state index contributed by atoms with van der Waals surface area (Å²) in [7, 11) is 0. The zero-order valence-corrected chi connectivity index (χ0v) is 6.45. The maximum Gasteiger partial charge on any atom is 0.186 e. The minimum Gasteiger partial charge on any atom is -0.302 e. The molecule has 0 bridgehead atoms. The molecule has 0 aliphatic rings. The Morgan fingerprint density at radius 1 is 1.18 bits per heavy atom. The van der Waals surface area contributed by atoms with Gasteiger partial charge in [0.2, 0.25) is 0 Å². The summed E-state index contributed by atoms with van der Waals surface area (Å²) in [5, 5.41) is 0. The van der Waals surface area contributed by atoms with Gasteiger partial charge in [-0.3, -0.25) is 4.79 Å². The van der Waals surface area contributed by atoms with E-state index in [0.717, 1.165) is 0 Å². The summed E-state index contributed by atoms with van der Waals surface area (Å²) in [5.74, 6) is 0. The highest BCUT2D eigenvalue weighted by atomic mass is 32.2. The molecule has 0 heterocycles. The average Bonchev–Trinajstić information content (AvgIpc) is 2.10. The zero-order chi connectivity index (χ0) is 8.69. The van der Waals surface area contributed by atoms with Gasteiger partial charge in [0.25, 0.3) is 0 Å². The third-order valence-electron chi connectivity index (χ3n) is 0.945. The van der Waals surface area contributed by atoms with Gasteiger partial charge in [0.15, 0.2) is 17.9 Å². The van der Waals surface area contributed by atoms with E-state index in [4.69, 9.17) is 9.35 Å². The standard InChI is InChI=1S/C6H6O2S.CHO/c7-9(8)6-4-2-1-3-5-6;1-2/h1-5H,(H,7,8);1H. The first-order valence-corrected chi connectivity index (χ1v) is 3.81. The van der Waals surface area contributed by atoms with Crippen molar-refractivity contribution in [3.05, 3.63) is 30.3 Å². The first-order valence-electron chi connectivity index (χ1n) is 2.70. The van der Waals surface area contributed by atoms with E-state index >= 15 is 0 Å². The first kappa shape index (κ1) is 10.0. The van der Waals surface area contributed by atoms with Crippen molar-refractivity contribution in [2.45, 2.75) is 4.90 Å². The average molecular weight is 171 g/mol. The Hall–Kier alpha value is -1.00. The molecule has 0 aliphatic carbocycles. The third-order valence-corrected chi connectivity index (χ3v) is 1.62. The van der Waals surface area contributed by atoms with Gasteiger partial charge in [-0.15, -0.1) is 0 Å². The molecule has 0 saturated carbocycles. The fourth-order valence-electron chi connectivity index (χ4n) is 0.537. The van der Waals surface area contributed by atoms with Gasteiger partial charge in [0.1, 0.15) is 0 Å². The Labute approximate surface area is 67.3 Å². The van der Waals surface area contributed by atoms with Crippen LogP contribution >= 0.6 is 0 Å². The van der Waals surface area contributed by atoms with Crippen molar-refractivity contribution in [2.75, 3.05) is 0 Å². The van der Waals surface area contributed by atoms with Crippen LogP contribution in [0.25, 0.3) is 0 Å². The largest absolute Gasteiger partial charge is 0.302 e. The highest BCUT2D eigenvalue weighted by Crippen LogP contribution is 2.00. The molecule has 1 aromatic rings. The van der Waals surface area contributed by atoms with Crippen LogP contribution in [-0.2, 0) is 15.9 Å². The lowest BCUT2D eigenvalue weighted by Gasteiger charge is -1.89. The second kappa shape index (κ2) is 5.76. The Morgan fingerprint density at radius 2 is 1.64 bits per heavy atom. The molecule has 1 N–H and O–H groups in total. The molecule has 0 fully saturated rings. The Balaban J connectivity index is 0.000000461. The van der Waals surface area contributed by atoms with Crippen molar-refractivity contribution >= 4 is 17.9 Å². The number of hydrogen-bond acceptors (Lipinski definition) is 2. The third kappa shape index (κ3) is 3.64. The smallest absolute Gasteiger partial charge is 0.186 e. The maximum atomic E-state index is 10.3. The molecular weight excluding hydrogens is 164 g/mol. The zero-order valence-electron chi connectivity index (χ0n) is 5.64. The molecule has 1 atom stereocenters. The number of rotatable bonds is 1. The van der Waals surface area contributed by atoms with Crippen LogP contribution in [0.2, 0.25) is 0 Å². The molecular formula is C7H7O3S. The highest BCUT2D eigenvalue weighted by molar-refractivity contribution is 7.79. The molecule has 0 amide bonds. The number of carbonyl (C=O) groups excluding carboxylic acids is 1. The monoisotopic (exact) mass is 171 g/mol. The molecule has 11 heavy (non-hydrogen) atoms. The highest BCUT2D eigenvalue weighted by Gasteiger charge is 1.93. The molecule has 0 saturated heterocycles. The lowest BCUT2D eigenvalue weighted by molar-refractivity contribution is 0.564. The van der Waals surface area contributed by atoms with Gasteiger partial charge in [0, 0.05) is 0 Å². The van der Waals surface area contributed by atoms with Crippen molar-refractivity contribution in [1.82, 2.24) is 0 Å². The van der Waals surface area contributed by atoms with E-state index in [1.165, 1.54) is 0 Å². The summed E-state index contributed by atoms with van der Waals surface area (Å²) >= 11 is -1.83. The Morgan fingerprint density at radius 3 is 1.91 bits per heavy atom. The van der Waals surface area contributed by atoms with Crippen LogP contribution in [0.3, 0.4) is 0 Å². The molecule has 1 aromatic carbocycles. The van der Waals surface area contributed by atoms with Gasteiger partial charge >= 0.3 is 0 Å². The van der Waals surface area contributed by atoms with Crippen LogP contribution in [0, 0.1) is 0 Å². The van der Waals surface area contributed by atoms with Crippen LogP contribution in [-0.4, -0.2) is 15.6 Å². The van der Waals surface area contributed by atoms with E-state index in [1.807, 2.05) is 0 Å². The van der Waals surface area contributed by atoms with Gasteiger partial charge in [-0.25, -0.2) is 4.21 Å². The summed E-state index contributed by atoms with van der Waals surface area (Å²) in [5.41, 5.74) is 0. The predicted molar refractivity (Wildman–Crippen MR) is 42.2 cm³/mol. The summed E-state index contributed by atoms with van der Waals surface area (Å²) in [6, 6.07) is 8.47. The van der Waals surface area contributed by atoms with Crippen molar-refractivity contribution in [3.63, 3.8) is 0 Å². The van der Waals surface area contributed by atoms with Crippen molar-refractivity contribution < 1.29 is 13.6 Å². The minimum absolute atomic E-state index is 0.442. The summed E-state index contributed by atoms with van der Waals surface area (Å²) < 4.78 is 18.8. The molecule has 0 unspecified atom stereocenters. The van der Waals surface area contributed by atoms with E-state index in [-0.39, 0.29) is 0 Å². The molecule has 1 rings (SSSR count). The maximum absolute atomic E-state index is 10.3. The fraction of sp³-hybridized carbons (Fsp3) is 0. The van der Waals surface area contributed by atoms with Crippen LogP contribution in [0.4, 0.5) is 0 Å². The number of hydrogen-bond donors (Lipinski definition) is 1. The van der Waals surface area contributed by atoms with Crippen LogP contribution in [0.5, 0.6) is 0 Å². The SMILES string of the molecule is O=[S@](O)c1ccccc1.[CH]=O. The Kier molecular flexibility index (Phi) is 5.24. The predicted octanol–water partition coefficient (Wildman–Crippen LogP) is 0.993. The van der Waals surface area contributed by atoms with E-state index in [9.17, 15) is 4.21 Å². The van der Waals surface area contributed by atoms with Gasteiger partial charge in [-0.2, -0.15) is 0 Å². The van der Waals surface area contributed by atoms with Crippen LogP contribution in [0.1, 0.15) is 0 Å². The second-order valence-corrected chi connectivity index (χ2v) is 2.53. The molecule has 0 aromatic heterocycles. The molecule has 3 nitrogen and oxygen atoms in total.